The van der Waals surface area contributed by atoms with Crippen molar-refractivity contribution < 1.29 is 24.0 Å². The lowest BCUT2D eigenvalue weighted by atomic mass is 10.1. The van der Waals surface area contributed by atoms with Gasteiger partial charge in [0.15, 0.2) is 0 Å². The number of nitrogens with one attached hydrogen (secondary N) is 4. The second-order valence-corrected chi connectivity index (χ2v) is 5.84. The minimum Gasteiger partial charge on any atom is -0.344 e. The third kappa shape index (κ3) is 3.65. The molecular formula is C16H16N4O5. The number of imide groups is 1. The number of anilines is 1. The van der Waals surface area contributed by atoms with Gasteiger partial charge in [0, 0.05) is 6.42 Å². The molecule has 2 atom stereocenters. The Kier molecular flexibility index (Phi) is 4.46. The summed E-state index contributed by atoms with van der Waals surface area (Å²) in [6.45, 7) is 0. The Morgan fingerprint density at radius 2 is 1.84 bits per heavy atom. The number of benzene rings is 1. The molecule has 0 aliphatic carbocycles. The smallest absolute Gasteiger partial charge is 0.254 e. The number of amides is 5. The number of piperidine rings is 1. The minimum atomic E-state index is -1.06. The Hall–Kier alpha value is -3.23. The second-order valence-electron chi connectivity index (χ2n) is 5.84. The van der Waals surface area contributed by atoms with E-state index in [1.807, 2.05) is 0 Å². The summed E-state index contributed by atoms with van der Waals surface area (Å²) < 4.78 is 0. The van der Waals surface area contributed by atoms with Gasteiger partial charge in [0.25, 0.3) is 5.91 Å². The van der Waals surface area contributed by atoms with E-state index in [-0.39, 0.29) is 25.2 Å². The van der Waals surface area contributed by atoms with Gasteiger partial charge in [-0.2, -0.15) is 0 Å². The number of para-hydroxylation sites is 1. The van der Waals surface area contributed by atoms with E-state index in [0.717, 1.165) is 0 Å². The lowest BCUT2D eigenvalue weighted by Gasteiger charge is -2.22. The van der Waals surface area contributed by atoms with Crippen molar-refractivity contribution in [2.24, 2.45) is 0 Å². The summed E-state index contributed by atoms with van der Waals surface area (Å²) in [4.78, 5) is 59.3. The Bertz CT molecular complexity index is 776. The van der Waals surface area contributed by atoms with Crippen molar-refractivity contribution in [2.45, 2.75) is 31.3 Å². The number of carbonyl (C=O) groups is 5. The predicted octanol–water partition coefficient (Wildman–Crippen LogP) is -0.951. The number of hydrogen-bond acceptors (Lipinski definition) is 5. The number of rotatable bonds is 3. The molecule has 25 heavy (non-hydrogen) atoms. The van der Waals surface area contributed by atoms with Gasteiger partial charge in [-0.3, -0.25) is 29.3 Å². The molecule has 1 aromatic carbocycles. The standard InChI is InChI=1S/C16H16N4O5/c21-12-6-5-10(15(24)20-12)17-13(22)7-11-16(25)18-9-4-2-1-3-8(9)14(23)19-11/h1-4,10-11H,5-7H2,(H,17,22)(H,18,25)(H,19,23)(H,20,21,24)/t10?,11-/m0/s1. The van der Waals surface area contributed by atoms with Gasteiger partial charge in [-0.25, -0.2) is 0 Å². The van der Waals surface area contributed by atoms with Gasteiger partial charge >= 0.3 is 0 Å². The summed E-state index contributed by atoms with van der Waals surface area (Å²) in [6, 6.07) is 4.62. The van der Waals surface area contributed by atoms with Gasteiger partial charge in [0.1, 0.15) is 12.1 Å². The molecule has 0 saturated carbocycles. The van der Waals surface area contributed by atoms with E-state index >= 15 is 0 Å². The summed E-state index contributed by atoms with van der Waals surface area (Å²) in [6.07, 6.45) is 0.0149. The summed E-state index contributed by atoms with van der Waals surface area (Å²) in [5, 5.41) is 9.72. The molecule has 0 aromatic heterocycles. The van der Waals surface area contributed by atoms with E-state index in [0.29, 0.717) is 11.3 Å². The molecule has 1 fully saturated rings. The van der Waals surface area contributed by atoms with E-state index in [2.05, 4.69) is 21.3 Å². The first-order valence-corrected chi connectivity index (χ1v) is 7.78. The lowest BCUT2D eigenvalue weighted by molar-refractivity contribution is -0.137. The Morgan fingerprint density at radius 3 is 2.60 bits per heavy atom. The quantitative estimate of drug-likeness (QED) is 0.525. The zero-order valence-corrected chi connectivity index (χ0v) is 13.1. The maximum atomic E-state index is 12.2. The largest absolute Gasteiger partial charge is 0.344 e. The highest BCUT2D eigenvalue weighted by Gasteiger charge is 2.32. The van der Waals surface area contributed by atoms with Crippen LogP contribution in [0.15, 0.2) is 24.3 Å². The van der Waals surface area contributed by atoms with Crippen LogP contribution < -0.4 is 21.3 Å². The average Bonchev–Trinajstić information content (AvgIpc) is 2.68. The molecule has 9 nitrogen and oxygen atoms in total. The Labute approximate surface area is 142 Å². The minimum absolute atomic E-state index is 0.132. The number of hydrogen-bond donors (Lipinski definition) is 4. The molecule has 0 bridgehead atoms. The molecule has 2 heterocycles. The molecule has 0 radical (unpaired) electrons. The highest BCUT2D eigenvalue weighted by atomic mass is 16.2. The molecule has 4 N–H and O–H groups in total. The topological polar surface area (TPSA) is 133 Å². The summed E-state index contributed by atoms with van der Waals surface area (Å²) in [7, 11) is 0. The first kappa shape index (κ1) is 16.6. The molecule has 1 saturated heterocycles. The van der Waals surface area contributed by atoms with Gasteiger partial charge < -0.3 is 16.0 Å². The fourth-order valence-electron chi connectivity index (χ4n) is 2.73. The van der Waals surface area contributed by atoms with Crippen LogP contribution in [-0.4, -0.2) is 41.6 Å². The fraction of sp³-hybridized carbons (Fsp3) is 0.312. The van der Waals surface area contributed by atoms with Gasteiger partial charge in [-0.15, -0.1) is 0 Å². The van der Waals surface area contributed by atoms with Crippen molar-refractivity contribution >= 4 is 35.2 Å². The first-order chi connectivity index (χ1) is 11.9. The van der Waals surface area contributed by atoms with Crippen molar-refractivity contribution in [2.75, 3.05) is 5.32 Å². The van der Waals surface area contributed by atoms with Crippen LogP contribution in [-0.2, 0) is 19.2 Å². The zero-order valence-electron chi connectivity index (χ0n) is 13.1. The van der Waals surface area contributed by atoms with E-state index < -0.39 is 35.7 Å². The van der Waals surface area contributed by atoms with Crippen LogP contribution in [0.25, 0.3) is 0 Å². The normalized spacial score (nSPS) is 22.9. The lowest BCUT2D eigenvalue weighted by Crippen LogP contribution is -2.53. The van der Waals surface area contributed by atoms with E-state index in [1.165, 1.54) is 0 Å². The van der Waals surface area contributed by atoms with Crippen LogP contribution in [0.3, 0.4) is 0 Å². The third-order valence-corrected chi connectivity index (χ3v) is 4.02. The monoisotopic (exact) mass is 344 g/mol. The molecule has 5 amide bonds. The van der Waals surface area contributed by atoms with Gasteiger partial charge in [0.2, 0.25) is 23.6 Å². The van der Waals surface area contributed by atoms with Crippen LogP contribution in [0.2, 0.25) is 0 Å². The van der Waals surface area contributed by atoms with Gasteiger partial charge in [0.05, 0.1) is 17.7 Å². The molecule has 1 aromatic rings. The summed E-state index contributed by atoms with van der Waals surface area (Å²) in [5.74, 6) is -2.51. The van der Waals surface area contributed by atoms with E-state index in [1.54, 1.807) is 24.3 Å². The highest BCUT2D eigenvalue weighted by molar-refractivity contribution is 6.11. The van der Waals surface area contributed by atoms with Crippen LogP contribution in [0.4, 0.5) is 5.69 Å². The van der Waals surface area contributed by atoms with Gasteiger partial charge in [-0.05, 0) is 18.6 Å². The third-order valence-electron chi connectivity index (χ3n) is 4.02. The van der Waals surface area contributed by atoms with Gasteiger partial charge in [-0.1, -0.05) is 12.1 Å². The van der Waals surface area contributed by atoms with Crippen molar-refractivity contribution in [1.82, 2.24) is 16.0 Å². The van der Waals surface area contributed by atoms with Crippen molar-refractivity contribution in [3.05, 3.63) is 29.8 Å². The molecule has 2 aliphatic rings. The predicted molar refractivity (Wildman–Crippen MR) is 85.3 cm³/mol. The van der Waals surface area contributed by atoms with E-state index in [4.69, 9.17) is 0 Å². The van der Waals surface area contributed by atoms with Crippen LogP contribution in [0, 0.1) is 0 Å². The Balaban J connectivity index is 1.64. The van der Waals surface area contributed by atoms with Crippen LogP contribution in [0.1, 0.15) is 29.6 Å². The first-order valence-electron chi connectivity index (χ1n) is 7.78. The SMILES string of the molecule is O=C1CCC(NC(=O)C[C@@H]2NC(=O)c3ccccc3NC2=O)C(=O)N1. The number of carbonyl (C=O) groups excluding carboxylic acids is 5. The molecular weight excluding hydrogens is 328 g/mol. The summed E-state index contributed by atoms with van der Waals surface area (Å²) >= 11 is 0. The highest BCUT2D eigenvalue weighted by Crippen LogP contribution is 2.18. The second kappa shape index (κ2) is 6.71. The maximum Gasteiger partial charge on any atom is 0.254 e. The molecule has 0 spiro atoms. The van der Waals surface area contributed by atoms with Crippen molar-refractivity contribution in [3.63, 3.8) is 0 Å². The molecule has 3 rings (SSSR count). The maximum absolute atomic E-state index is 12.2. The van der Waals surface area contributed by atoms with Crippen LogP contribution >= 0.6 is 0 Å². The fourth-order valence-corrected chi connectivity index (χ4v) is 2.73. The zero-order chi connectivity index (χ0) is 18.0. The van der Waals surface area contributed by atoms with Crippen molar-refractivity contribution in [3.8, 4) is 0 Å². The molecule has 2 aliphatic heterocycles. The number of fused-ring (bicyclic) bond motifs is 1. The molecule has 9 heteroatoms. The molecule has 130 valence electrons. The van der Waals surface area contributed by atoms with Crippen LogP contribution in [0.5, 0.6) is 0 Å². The summed E-state index contributed by atoms with van der Waals surface area (Å²) in [5.41, 5.74) is 0.682. The van der Waals surface area contributed by atoms with E-state index in [9.17, 15) is 24.0 Å². The molecule has 1 unspecified atom stereocenters. The van der Waals surface area contributed by atoms with Crippen molar-refractivity contribution in [1.29, 1.82) is 0 Å². The average molecular weight is 344 g/mol. The Morgan fingerprint density at radius 1 is 1.08 bits per heavy atom.